The molecule has 0 saturated heterocycles. The Bertz CT molecular complexity index is 1210. The monoisotopic (exact) mass is 407 g/mol. The van der Waals surface area contributed by atoms with Crippen LogP contribution in [0.1, 0.15) is 6.42 Å². The van der Waals surface area contributed by atoms with Crippen molar-refractivity contribution < 1.29 is 9.36 Å². The maximum atomic E-state index is 13.3. The maximum absolute atomic E-state index is 13.3. The lowest BCUT2D eigenvalue weighted by atomic mass is 10.2. The average molecular weight is 408 g/mol. The normalized spacial score (nSPS) is 12.7. The number of pyridine rings is 1. The summed E-state index contributed by atoms with van der Waals surface area (Å²) in [6.45, 7) is 0.579. The standard InChI is InChI=1S/C21H15ClN4OS/c22-14-5-6-20-18(11-14)26(17-3-1-2-4-19(17)28-20)21(27)8-10-25-9-7-15-16(12-25)24-13-23-15/h1-7,9,11-13H,8,10H2/p+1. The van der Waals surface area contributed by atoms with Crippen molar-refractivity contribution in [1.82, 2.24) is 9.97 Å². The third kappa shape index (κ3) is 3.04. The van der Waals surface area contributed by atoms with Crippen molar-refractivity contribution in [2.45, 2.75) is 22.8 Å². The highest BCUT2D eigenvalue weighted by Crippen LogP contribution is 2.48. The fourth-order valence-electron chi connectivity index (χ4n) is 3.40. The third-order valence-corrected chi connectivity index (χ3v) is 6.11. The predicted octanol–water partition coefficient (Wildman–Crippen LogP) is 4.72. The van der Waals surface area contributed by atoms with E-state index in [4.69, 9.17) is 11.6 Å². The molecule has 3 heterocycles. The van der Waals surface area contributed by atoms with E-state index in [0.717, 1.165) is 32.2 Å². The molecule has 7 heteroatoms. The van der Waals surface area contributed by atoms with Gasteiger partial charge in [0.2, 0.25) is 5.91 Å². The highest BCUT2D eigenvalue weighted by Gasteiger charge is 2.28. The van der Waals surface area contributed by atoms with Crippen LogP contribution in [0.15, 0.2) is 77.0 Å². The lowest BCUT2D eigenvalue weighted by Crippen LogP contribution is -2.37. The van der Waals surface area contributed by atoms with Gasteiger partial charge in [-0.15, -0.1) is 0 Å². The summed E-state index contributed by atoms with van der Waals surface area (Å²) in [7, 11) is 0. The molecular formula is C21H16ClN4OS+. The summed E-state index contributed by atoms with van der Waals surface area (Å²) in [6.07, 6.45) is 5.96. The number of para-hydroxylation sites is 1. The molecule has 1 amide bonds. The van der Waals surface area contributed by atoms with Crippen LogP contribution in [0.3, 0.4) is 0 Å². The van der Waals surface area contributed by atoms with E-state index >= 15 is 0 Å². The first kappa shape index (κ1) is 17.3. The topological polar surface area (TPSA) is 52.9 Å². The van der Waals surface area contributed by atoms with Crippen LogP contribution in [0.2, 0.25) is 5.02 Å². The van der Waals surface area contributed by atoms with Crippen LogP contribution >= 0.6 is 23.4 Å². The number of amides is 1. The minimum absolute atomic E-state index is 0.0356. The Balaban J connectivity index is 1.46. The molecule has 0 atom stereocenters. The molecule has 28 heavy (non-hydrogen) atoms. The van der Waals surface area contributed by atoms with Crippen molar-refractivity contribution in [3.63, 3.8) is 0 Å². The van der Waals surface area contributed by atoms with Gasteiger partial charge in [-0.3, -0.25) is 9.69 Å². The number of rotatable bonds is 3. The Morgan fingerprint density at radius 1 is 1.14 bits per heavy atom. The van der Waals surface area contributed by atoms with E-state index in [1.807, 2.05) is 65.5 Å². The van der Waals surface area contributed by atoms with Gasteiger partial charge in [0, 0.05) is 20.9 Å². The van der Waals surface area contributed by atoms with E-state index in [1.54, 1.807) is 23.0 Å². The van der Waals surface area contributed by atoms with Gasteiger partial charge in [-0.05, 0) is 30.3 Å². The number of benzene rings is 2. The van der Waals surface area contributed by atoms with Crippen LogP contribution in [0.5, 0.6) is 0 Å². The van der Waals surface area contributed by atoms with Crippen LogP contribution in [0.25, 0.3) is 11.0 Å². The van der Waals surface area contributed by atoms with Gasteiger partial charge in [0.1, 0.15) is 11.0 Å². The molecule has 1 N–H and O–H groups in total. The second-order valence-corrected chi connectivity index (χ2v) is 8.07. The summed E-state index contributed by atoms with van der Waals surface area (Å²) in [5.74, 6) is 0.0356. The van der Waals surface area contributed by atoms with E-state index < -0.39 is 0 Å². The Labute approximate surface area is 171 Å². The summed E-state index contributed by atoms with van der Waals surface area (Å²) >= 11 is 7.89. The van der Waals surface area contributed by atoms with E-state index in [0.29, 0.717) is 18.0 Å². The number of nitrogens with zero attached hydrogens (tertiary/aromatic N) is 3. The Morgan fingerprint density at radius 2 is 2.00 bits per heavy atom. The molecule has 1 aliphatic rings. The van der Waals surface area contributed by atoms with Gasteiger partial charge in [-0.1, -0.05) is 35.5 Å². The molecule has 0 fully saturated rings. The highest BCUT2D eigenvalue weighted by molar-refractivity contribution is 7.99. The number of hydrogen-bond donors (Lipinski definition) is 1. The van der Waals surface area contributed by atoms with E-state index in [2.05, 4.69) is 9.97 Å². The zero-order valence-electron chi connectivity index (χ0n) is 14.8. The lowest BCUT2D eigenvalue weighted by molar-refractivity contribution is -0.694. The van der Waals surface area contributed by atoms with Gasteiger partial charge < -0.3 is 4.98 Å². The molecule has 0 saturated carbocycles. The second kappa shape index (κ2) is 6.96. The van der Waals surface area contributed by atoms with Crippen LogP contribution in [-0.4, -0.2) is 15.9 Å². The zero-order chi connectivity index (χ0) is 19.1. The Hall–Kier alpha value is -2.83. The number of aryl methyl sites for hydroxylation is 1. The van der Waals surface area contributed by atoms with Crippen LogP contribution < -0.4 is 9.47 Å². The molecule has 5 rings (SSSR count). The molecule has 0 unspecified atom stereocenters. The van der Waals surface area contributed by atoms with Gasteiger partial charge in [0.25, 0.3) is 0 Å². The van der Waals surface area contributed by atoms with Crippen LogP contribution in [0.4, 0.5) is 11.4 Å². The number of nitrogens with one attached hydrogen (secondary N) is 1. The van der Waals surface area contributed by atoms with Crippen molar-refractivity contribution >= 4 is 51.7 Å². The van der Waals surface area contributed by atoms with Gasteiger partial charge >= 0.3 is 0 Å². The summed E-state index contributed by atoms with van der Waals surface area (Å²) < 4.78 is 2.00. The van der Waals surface area contributed by atoms with Gasteiger partial charge in [0.15, 0.2) is 18.9 Å². The number of H-pyrrole nitrogens is 1. The molecular weight excluding hydrogens is 392 g/mol. The summed E-state index contributed by atoms with van der Waals surface area (Å²) in [5, 5.41) is 0.621. The lowest BCUT2D eigenvalue weighted by Gasteiger charge is -2.31. The molecule has 0 bridgehead atoms. The smallest absolute Gasteiger partial charge is 0.238 e. The fourth-order valence-corrected chi connectivity index (χ4v) is 4.60. The number of hydrogen-bond acceptors (Lipinski definition) is 3. The van der Waals surface area contributed by atoms with Crippen molar-refractivity contribution in [3.8, 4) is 0 Å². The van der Waals surface area contributed by atoms with E-state index in [9.17, 15) is 4.79 Å². The molecule has 0 radical (unpaired) electrons. The quantitative estimate of drug-likeness (QED) is 0.500. The van der Waals surface area contributed by atoms with Crippen molar-refractivity contribution in [3.05, 3.63) is 72.3 Å². The molecule has 1 aliphatic heterocycles. The summed E-state index contributed by atoms with van der Waals surface area (Å²) in [5.41, 5.74) is 3.61. The first-order chi connectivity index (χ1) is 13.7. The zero-order valence-corrected chi connectivity index (χ0v) is 16.4. The van der Waals surface area contributed by atoms with Gasteiger partial charge in [-0.2, -0.15) is 0 Å². The molecule has 2 aromatic carbocycles. The number of fused-ring (bicyclic) bond motifs is 3. The van der Waals surface area contributed by atoms with Crippen molar-refractivity contribution in [2.24, 2.45) is 0 Å². The first-order valence-corrected chi connectivity index (χ1v) is 10.1. The average Bonchev–Trinajstić information content (AvgIpc) is 3.18. The maximum Gasteiger partial charge on any atom is 0.238 e. The highest BCUT2D eigenvalue weighted by atomic mass is 35.5. The van der Waals surface area contributed by atoms with Crippen LogP contribution in [-0.2, 0) is 11.3 Å². The molecule has 2 aromatic heterocycles. The SMILES string of the molecule is O=C(CC[n+]1ccc2nc[nH]c2c1)N1c2ccccc2Sc2ccc(Cl)cc21. The summed E-state index contributed by atoms with van der Waals surface area (Å²) in [6, 6.07) is 15.6. The second-order valence-electron chi connectivity index (χ2n) is 6.55. The van der Waals surface area contributed by atoms with E-state index in [1.165, 1.54) is 0 Å². The molecule has 138 valence electrons. The number of anilines is 2. The van der Waals surface area contributed by atoms with Gasteiger partial charge in [-0.25, -0.2) is 9.55 Å². The number of carbonyl (C=O) groups is 1. The first-order valence-electron chi connectivity index (χ1n) is 8.90. The predicted molar refractivity (Wildman–Crippen MR) is 110 cm³/mol. The molecule has 0 spiro atoms. The van der Waals surface area contributed by atoms with Crippen molar-refractivity contribution in [2.75, 3.05) is 4.90 Å². The number of imidazole rings is 1. The van der Waals surface area contributed by atoms with Crippen molar-refractivity contribution in [1.29, 1.82) is 0 Å². The number of halogens is 1. The molecule has 0 aliphatic carbocycles. The largest absolute Gasteiger partial charge is 0.340 e. The fraction of sp³-hybridized carbons (Fsp3) is 0.0952. The Kier molecular flexibility index (Phi) is 4.30. The number of aromatic amines is 1. The number of carbonyl (C=O) groups excluding carboxylic acids is 1. The Morgan fingerprint density at radius 3 is 2.93 bits per heavy atom. The summed E-state index contributed by atoms with van der Waals surface area (Å²) in [4.78, 5) is 24.5. The van der Waals surface area contributed by atoms with Gasteiger partial charge in [0.05, 0.1) is 24.1 Å². The minimum Gasteiger partial charge on any atom is -0.340 e. The third-order valence-electron chi connectivity index (χ3n) is 4.74. The minimum atomic E-state index is 0.0356. The molecule has 5 nitrogen and oxygen atoms in total. The van der Waals surface area contributed by atoms with E-state index in [-0.39, 0.29) is 5.91 Å². The van der Waals surface area contributed by atoms with Crippen LogP contribution in [0, 0.1) is 0 Å². The molecule has 4 aromatic rings. The number of aromatic nitrogens is 3.